The number of amides is 1. The lowest BCUT2D eigenvalue weighted by atomic mass is 10.1. The van der Waals surface area contributed by atoms with Gasteiger partial charge in [-0.15, -0.1) is 0 Å². The lowest BCUT2D eigenvalue weighted by Crippen LogP contribution is -2.50. The molecule has 2 heterocycles. The summed E-state index contributed by atoms with van der Waals surface area (Å²) in [5, 5.41) is 8.90. The van der Waals surface area contributed by atoms with E-state index in [4.69, 9.17) is 5.26 Å². The van der Waals surface area contributed by atoms with Gasteiger partial charge in [-0.1, -0.05) is 30.3 Å². The monoisotopic (exact) mass is 374 g/mol. The first-order chi connectivity index (χ1) is 13.6. The highest BCUT2D eigenvalue weighted by Gasteiger charge is 2.31. The van der Waals surface area contributed by atoms with Crippen LogP contribution in [0.3, 0.4) is 0 Å². The SMILES string of the molecule is C[C@@H]1Cc2ccccc2N1C(=O)CN1CCN(Cc2ccc(C#N)cc2)CC1. The molecule has 0 N–H and O–H groups in total. The van der Waals surface area contributed by atoms with Crippen molar-refractivity contribution in [3.05, 3.63) is 65.2 Å². The molecule has 2 aliphatic rings. The second kappa shape index (κ2) is 8.14. The summed E-state index contributed by atoms with van der Waals surface area (Å²) in [6.07, 6.45) is 0.945. The van der Waals surface area contributed by atoms with E-state index in [1.165, 1.54) is 11.1 Å². The maximum Gasteiger partial charge on any atom is 0.241 e. The first kappa shape index (κ1) is 18.7. The number of hydrogen-bond donors (Lipinski definition) is 0. The fourth-order valence-electron chi connectivity index (χ4n) is 4.26. The third-order valence-electron chi connectivity index (χ3n) is 5.79. The number of benzene rings is 2. The fourth-order valence-corrected chi connectivity index (χ4v) is 4.26. The summed E-state index contributed by atoms with van der Waals surface area (Å²) in [5.74, 6) is 0.206. The van der Waals surface area contributed by atoms with E-state index < -0.39 is 0 Å². The zero-order chi connectivity index (χ0) is 19.5. The molecule has 2 aliphatic heterocycles. The zero-order valence-corrected chi connectivity index (χ0v) is 16.3. The lowest BCUT2D eigenvalue weighted by Gasteiger charge is -2.35. The molecule has 5 nitrogen and oxygen atoms in total. The maximum absolute atomic E-state index is 13.0. The van der Waals surface area contributed by atoms with E-state index in [0.29, 0.717) is 12.1 Å². The minimum absolute atomic E-state index is 0.206. The van der Waals surface area contributed by atoms with Gasteiger partial charge in [0.15, 0.2) is 0 Å². The Labute approximate surface area is 166 Å². The number of fused-ring (bicyclic) bond motifs is 1. The molecule has 2 aromatic rings. The summed E-state index contributed by atoms with van der Waals surface area (Å²) in [5.41, 5.74) is 4.28. The molecular formula is C23H26N4O. The van der Waals surface area contributed by atoms with Crippen LogP contribution in [0.4, 0.5) is 5.69 Å². The number of anilines is 1. The van der Waals surface area contributed by atoms with E-state index >= 15 is 0 Å². The van der Waals surface area contributed by atoms with Crippen LogP contribution in [0.2, 0.25) is 0 Å². The second-order valence-corrected chi connectivity index (χ2v) is 7.81. The molecule has 0 bridgehead atoms. The first-order valence-corrected chi connectivity index (χ1v) is 9.98. The molecule has 1 amide bonds. The molecule has 0 aliphatic carbocycles. The van der Waals surface area contributed by atoms with Gasteiger partial charge in [-0.2, -0.15) is 5.26 Å². The normalized spacial score (nSPS) is 20.0. The number of carbonyl (C=O) groups excluding carboxylic acids is 1. The third kappa shape index (κ3) is 3.94. The van der Waals surface area contributed by atoms with Crippen molar-refractivity contribution in [3.63, 3.8) is 0 Å². The summed E-state index contributed by atoms with van der Waals surface area (Å²) in [6.45, 7) is 7.25. The standard InChI is InChI=1S/C23H26N4O/c1-18-14-21-4-2-3-5-22(21)27(18)23(28)17-26-12-10-25(11-13-26)16-20-8-6-19(15-24)7-9-20/h2-9,18H,10-14,16-17H2,1H3/t18-/m1/s1. The van der Waals surface area contributed by atoms with Crippen LogP contribution in [0.15, 0.2) is 48.5 Å². The smallest absolute Gasteiger partial charge is 0.241 e. The molecule has 144 valence electrons. The number of rotatable bonds is 4. The van der Waals surface area contributed by atoms with E-state index in [1.54, 1.807) is 0 Å². The third-order valence-corrected chi connectivity index (χ3v) is 5.79. The highest BCUT2D eigenvalue weighted by atomic mass is 16.2. The van der Waals surface area contributed by atoms with Crippen LogP contribution in [-0.4, -0.2) is 54.5 Å². The van der Waals surface area contributed by atoms with Crippen LogP contribution >= 0.6 is 0 Å². The largest absolute Gasteiger partial charge is 0.308 e. The zero-order valence-electron chi connectivity index (χ0n) is 16.3. The van der Waals surface area contributed by atoms with Crippen LogP contribution in [0.25, 0.3) is 0 Å². The summed E-state index contributed by atoms with van der Waals surface area (Å²) < 4.78 is 0. The van der Waals surface area contributed by atoms with Gasteiger partial charge in [-0.3, -0.25) is 14.6 Å². The van der Waals surface area contributed by atoms with E-state index in [1.807, 2.05) is 41.3 Å². The van der Waals surface area contributed by atoms with Crippen molar-refractivity contribution < 1.29 is 4.79 Å². The molecule has 5 heteroatoms. The number of hydrogen-bond acceptors (Lipinski definition) is 4. The molecule has 2 aromatic carbocycles. The number of piperazine rings is 1. The van der Waals surface area contributed by atoms with Crippen molar-refractivity contribution >= 4 is 11.6 Å². The van der Waals surface area contributed by atoms with Crippen molar-refractivity contribution in [1.29, 1.82) is 5.26 Å². The maximum atomic E-state index is 13.0. The van der Waals surface area contributed by atoms with Gasteiger partial charge in [0, 0.05) is 44.5 Å². The van der Waals surface area contributed by atoms with Crippen LogP contribution in [0.5, 0.6) is 0 Å². The van der Waals surface area contributed by atoms with Gasteiger partial charge in [0.25, 0.3) is 0 Å². The molecule has 1 atom stereocenters. The average molecular weight is 374 g/mol. The number of carbonyl (C=O) groups is 1. The first-order valence-electron chi connectivity index (χ1n) is 9.98. The van der Waals surface area contributed by atoms with Gasteiger partial charge < -0.3 is 4.90 Å². The lowest BCUT2D eigenvalue weighted by molar-refractivity contribution is -0.120. The van der Waals surface area contributed by atoms with Gasteiger partial charge in [-0.05, 0) is 42.7 Å². The minimum Gasteiger partial charge on any atom is -0.308 e. The Balaban J connectivity index is 1.29. The summed E-state index contributed by atoms with van der Waals surface area (Å²) in [4.78, 5) is 19.6. The summed E-state index contributed by atoms with van der Waals surface area (Å²) in [7, 11) is 0. The Hall–Kier alpha value is -2.68. The molecule has 28 heavy (non-hydrogen) atoms. The molecule has 0 unspecified atom stereocenters. The minimum atomic E-state index is 0.206. The van der Waals surface area contributed by atoms with Gasteiger partial charge in [0.05, 0.1) is 18.2 Å². The highest BCUT2D eigenvalue weighted by Crippen LogP contribution is 2.31. The average Bonchev–Trinajstić information content (AvgIpc) is 3.06. The van der Waals surface area contributed by atoms with Crippen LogP contribution < -0.4 is 4.90 Å². The van der Waals surface area contributed by atoms with Crippen molar-refractivity contribution in [2.45, 2.75) is 25.9 Å². The van der Waals surface area contributed by atoms with Crippen molar-refractivity contribution in [2.75, 3.05) is 37.6 Å². The number of nitriles is 1. The fraction of sp³-hybridized carbons (Fsp3) is 0.391. The number of para-hydroxylation sites is 1. The van der Waals surface area contributed by atoms with E-state index in [2.05, 4.69) is 34.9 Å². The molecule has 1 saturated heterocycles. The van der Waals surface area contributed by atoms with Crippen molar-refractivity contribution in [2.24, 2.45) is 0 Å². The Kier molecular flexibility index (Phi) is 5.43. The molecule has 0 aromatic heterocycles. The van der Waals surface area contributed by atoms with E-state index in [-0.39, 0.29) is 11.9 Å². The molecule has 0 radical (unpaired) electrons. The Bertz CT molecular complexity index is 878. The predicted molar refractivity (Wildman–Crippen MR) is 110 cm³/mol. The van der Waals surface area contributed by atoms with E-state index in [9.17, 15) is 4.79 Å². The van der Waals surface area contributed by atoms with Gasteiger partial charge in [0.1, 0.15) is 0 Å². The molecule has 1 fully saturated rings. The van der Waals surface area contributed by atoms with Crippen molar-refractivity contribution in [3.8, 4) is 6.07 Å². The van der Waals surface area contributed by atoms with Crippen molar-refractivity contribution in [1.82, 2.24) is 9.80 Å². The molecular weight excluding hydrogens is 348 g/mol. The van der Waals surface area contributed by atoms with Gasteiger partial charge >= 0.3 is 0 Å². The van der Waals surface area contributed by atoms with Crippen LogP contribution in [-0.2, 0) is 17.8 Å². The van der Waals surface area contributed by atoms with E-state index in [0.717, 1.165) is 44.8 Å². The van der Waals surface area contributed by atoms with Crippen LogP contribution in [0, 0.1) is 11.3 Å². The van der Waals surface area contributed by atoms with Gasteiger partial charge in [-0.25, -0.2) is 0 Å². The summed E-state index contributed by atoms with van der Waals surface area (Å²) >= 11 is 0. The van der Waals surface area contributed by atoms with Gasteiger partial charge in [0.2, 0.25) is 5.91 Å². The number of nitrogens with zero attached hydrogens (tertiary/aromatic N) is 4. The topological polar surface area (TPSA) is 50.6 Å². The molecule has 0 saturated carbocycles. The van der Waals surface area contributed by atoms with Crippen LogP contribution in [0.1, 0.15) is 23.6 Å². The second-order valence-electron chi connectivity index (χ2n) is 7.81. The highest BCUT2D eigenvalue weighted by molar-refractivity contribution is 5.97. The quantitative estimate of drug-likeness (QED) is 0.826. The molecule has 0 spiro atoms. The Morgan fingerprint density at radius 2 is 1.71 bits per heavy atom. The predicted octanol–water partition coefficient (Wildman–Crippen LogP) is 2.65. The summed E-state index contributed by atoms with van der Waals surface area (Å²) in [6, 6.07) is 18.5. The Morgan fingerprint density at radius 1 is 1.04 bits per heavy atom. The Morgan fingerprint density at radius 3 is 2.43 bits per heavy atom. The molecule has 4 rings (SSSR count).